The molecule has 14 aromatic carbocycles. The van der Waals surface area contributed by atoms with Gasteiger partial charge in [0.15, 0.2) is 11.6 Å². The zero-order valence-electron chi connectivity index (χ0n) is 76.8. The van der Waals surface area contributed by atoms with Gasteiger partial charge in [-0.05, 0) is 219 Å². The molecule has 1 aliphatic carbocycles. The second kappa shape index (κ2) is 51.3. The first-order chi connectivity index (χ1) is 63.9. The van der Waals surface area contributed by atoms with E-state index in [0.717, 1.165) is 52.2 Å². The fourth-order valence-corrected chi connectivity index (χ4v) is 24.3. The summed E-state index contributed by atoms with van der Waals surface area (Å²) in [5.41, 5.74) is 4.95. The van der Waals surface area contributed by atoms with Gasteiger partial charge in [0.25, 0.3) is 0 Å². The van der Waals surface area contributed by atoms with Crippen LogP contribution in [0.3, 0.4) is 0 Å². The van der Waals surface area contributed by atoms with Gasteiger partial charge in [0, 0.05) is 62.2 Å². The first kappa shape index (κ1) is 100.0. The van der Waals surface area contributed by atoms with E-state index < -0.39 is 37.3 Å². The van der Waals surface area contributed by atoms with E-state index in [1.165, 1.54) is 100 Å². The molecule has 1 fully saturated rings. The molecular weight excluding hydrogens is 1850 g/mol. The summed E-state index contributed by atoms with van der Waals surface area (Å²) in [5, 5.41) is 25.5. The van der Waals surface area contributed by atoms with Crippen molar-refractivity contribution in [3.8, 4) is 22.8 Å². The van der Waals surface area contributed by atoms with Crippen LogP contribution >= 0.6 is 47.6 Å². The summed E-state index contributed by atoms with van der Waals surface area (Å²) in [6.07, 6.45) is 13.5. The van der Waals surface area contributed by atoms with E-state index in [2.05, 4.69) is 437 Å². The van der Waals surface area contributed by atoms with Crippen molar-refractivity contribution in [1.29, 1.82) is 0 Å². The first-order valence-electron chi connectivity index (χ1n) is 45.1. The van der Waals surface area contributed by atoms with Crippen LogP contribution < -0.4 is 63.7 Å². The Bertz CT molecular complexity index is 5230. The summed E-state index contributed by atoms with van der Waals surface area (Å²) in [7, 11) is -2.10. The number of aryl methyl sites for hydroxylation is 2. The molecule has 3 aliphatic rings. The fourth-order valence-electron chi connectivity index (χ4n) is 14.8. The monoisotopic (exact) mass is 1970 g/mol. The van der Waals surface area contributed by atoms with Gasteiger partial charge in [-0.1, -0.05) is 428 Å². The maximum Gasteiger partial charge on any atom is 0.490 e. The predicted octanol–water partition coefficient (Wildman–Crippen LogP) is 23.6. The molecule has 0 atom stereocenters. The van der Waals surface area contributed by atoms with E-state index in [0.29, 0.717) is 13.1 Å². The first-order valence-corrected chi connectivity index (χ1v) is 51.2. The number of hydrogen-bond donors (Lipinski definition) is 0. The number of amides is 1. The van der Waals surface area contributed by atoms with Crippen LogP contribution in [0.15, 0.2) is 447 Å². The molecule has 18 heteroatoms. The van der Waals surface area contributed by atoms with Crippen molar-refractivity contribution < 1.29 is 39.3 Å². The van der Waals surface area contributed by atoms with Gasteiger partial charge >= 0.3 is 13.2 Å². The van der Waals surface area contributed by atoms with Crippen molar-refractivity contribution in [3.05, 3.63) is 453 Å². The van der Waals surface area contributed by atoms with Gasteiger partial charge in [-0.3, -0.25) is 9.36 Å². The zero-order chi connectivity index (χ0) is 91.5. The molecule has 0 radical (unpaired) electrons. The van der Waals surface area contributed by atoms with Crippen LogP contribution in [0.4, 0.5) is 4.79 Å². The van der Waals surface area contributed by atoms with Gasteiger partial charge in [0.05, 0.1) is 11.2 Å². The van der Waals surface area contributed by atoms with Crippen molar-refractivity contribution in [3.63, 3.8) is 0 Å². The summed E-state index contributed by atoms with van der Waals surface area (Å²) >= 11 is 3.39. The smallest absolute Gasteiger partial charge is 0.444 e. The van der Waals surface area contributed by atoms with E-state index >= 15 is 0 Å². The normalized spacial score (nSPS) is 13.4. The molecule has 2 aliphatic heterocycles. The number of allylic oxidation sites excluding steroid dienone is 2. The van der Waals surface area contributed by atoms with Gasteiger partial charge in [-0.2, -0.15) is 10.2 Å². The molecule has 0 N–H and O–H groups in total. The minimum atomic E-state index is -0.465. The number of carbonyl (C=O) groups is 1. The minimum Gasteiger partial charge on any atom is -0.444 e. The molecular formula is C114H117BBrN7O4P4Pd. The minimum absolute atomic E-state index is 0. The van der Waals surface area contributed by atoms with Crippen LogP contribution in [0, 0.1) is 0 Å². The van der Waals surface area contributed by atoms with Gasteiger partial charge in [-0.15, -0.1) is 0 Å². The van der Waals surface area contributed by atoms with Crippen molar-refractivity contribution in [2.24, 2.45) is 0 Å². The van der Waals surface area contributed by atoms with Crippen LogP contribution in [0.5, 0.6) is 0 Å². The molecule has 0 bridgehead atoms. The summed E-state index contributed by atoms with van der Waals surface area (Å²) < 4.78 is 22.2. The Kier molecular flexibility index (Phi) is 38.8. The number of carbonyl (C=O) groups excluding carboxylic acids is 1. The van der Waals surface area contributed by atoms with E-state index in [9.17, 15) is 4.79 Å². The van der Waals surface area contributed by atoms with Crippen LogP contribution in [0.1, 0.15) is 100.0 Å². The Morgan fingerprint density at radius 3 is 0.848 bits per heavy atom. The Balaban J connectivity index is 0.000000139. The molecule has 1 saturated heterocycles. The maximum absolute atomic E-state index is 12.1. The number of ether oxygens (including phenoxy) is 1. The van der Waals surface area contributed by atoms with Gasteiger partial charge < -0.3 is 18.9 Å². The third-order valence-corrected chi connectivity index (χ3v) is 32.6. The second-order valence-electron chi connectivity index (χ2n) is 33.3. The standard InChI is InChI=1S/4C18H15P.C16H28BNO4.C16H19N3.C10H10BrN3.Pd/c4*1-4-10-16(11-5-1)19(17-12-6-2-7-13-17)18-14-8-3-9-15-18;1-14(2,3)20-13(19)18-10-8-12(9-11-18)17-21-15(4,5)16(6,7)22-17;1-2-19-12-17-16(18-19)15-10-8-14(9-11-15)13-6-4-3-5-7-13;1-2-14-7-12-10(13-14)8-3-5-9(11)6-4-8;/h4*1-15H;8H,9-11H2,1-7H3;6,8-12H,2-5,7H2,1H3;3-7H,2H2,1H3;. The largest absolute Gasteiger partial charge is 0.490 e. The molecule has 2 aromatic heterocycles. The summed E-state index contributed by atoms with van der Waals surface area (Å²) in [6.45, 7) is 20.8. The maximum atomic E-state index is 12.1. The van der Waals surface area contributed by atoms with E-state index in [1.807, 2.05) is 95.1 Å². The average Bonchev–Trinajstić information content (AvgIpc) is 1.61. The quantitative estimate of drug-likeness (QED) is 0.0617. The number of halogens is 1. The molecule has 0 saturated carbocycles. The topological polar surface area (TPSA) is 109 Å². The predicted molar refractivity (Wildman–Crippen MR) is 564 cm³/mol. The zero-order valence-corrected chi connectivity index (χ0v) is 83.5. The van der Waals surface area contributed by atoms with Crippen LogP contribution in [0.2, 0.25) is 0 Å². The summed E-state index contributed by atoms with van der Waals surface area (Å²) in [6, 6.07) is 146. The molecule has 1 amide bonds. The van der Waals surface area contributed by atoms with E-state index in [4.69, 9.17) is 14.0 Å². The van der Waals surface area contributed by atoms with E-state index in [1.54, 1.807) is 17.6 Å². The van der Waals surface area contributed by atoms with Gasteiger partial charge in [-0.25, -0.2) is 14.8 Å². The Morgan fingerprint density at radius 1 is 0.371 bits per heavy atom. The number of benzene rings is 14. The average molecular weight is 1970 g/mol. The molecule has 132 heavy (non-hydrogen) atoms. The summed E-state index contributed by atoms with van der Waals surface area (Å²) in [5.74, 6) is 1.59. The van der Waals surface area contributed by atoms with Crippen LogP contribution in [-0.4, -0.2) is 77.5 Å². The number of rotatable bonds is 18. The fraction of sp³-hybridized carbons (Fsp3) is 0.184. The van der Waals surface area contributed by atoms with Crippen LogP contribution in [-0.2, 0) is 47.6 Å². The molecule has 19 rings (SSSR count). The van der Waals surface area contributed by atoms with Crippen molar-refractivity contribution in [1.82, 2.24) is 34.4 Å². The third-order valence-electron chi connectivity index (χ3n) is 22.3. The molecule has 11 nitrogen and oxygen atoms in total. The molecule has 672 valence electrons. The molecule has 4 heterocycles. The Labute approximate surface area is 810 Å². The Hall–Kier alpha value is -11.0. The number of nitrogens with zero attached hydrogens (tertiary/aromatic N) is 7. The summed E-state index contributed by atoms with van der Waals surface area (Å²) in [4.78, 5) is 22.3. The Morgan fingerprint density at radius 2 is 0.629 bits per heavy atom. The molecule has 16 aromatic rings. The number of aromatic nitrogens is 6. The SMILES string of the molecule is CC(C)(C)OC(=O)N1CC=C(B2OC(C)(C)C(C)(C)O2)CC1.CCn1cnc(-c2ccc(Br)cc2)n1.CCn1cnc(-c2ccc(C3=CCCCC3)cc2)n1.[Pd].c1ccc(P(c2ccccc2)c2ccccc2)cc1.c1ccc(P(c2ccccc2)c2ccccc2)cc1.c1ccc(P(c2ccccc2)c2ccccc2)cc1.c1ccc(P(c2ccccc2)c2ccccc2)cc1. The third kappa shape index (κ3) is 29.5. The molecule has 0 spiro atoms. The van der Waals surface area contributed by atoms with Crippen molar-refractivity contribution >= 4 is 130 Å². The van der Waals surface area contributed by atoms with Gasteiger partial charge in [0.1, 0.15) is 18.3 Å². The van der Waals surface area contributed by atoms with Crippen molar-refractivity contribution in [2.45, 2.75) is 124 Å². The second-order valence-corrected chi connectivity index (χ2v) is 43.1. The van der Waals surface area contributed by atoms with Crippen molar-refractivity contribution in [2.75, 3.05) is 13.1 Å². The van der Waals surface area contributed by atoms with E-state index in [-0.39, 0.29) is 44.8 Å². The number of hydrogen-bond acceptors (Lipinski definition) is 8. The van der Waals surface area contributed by atoms with Gasteiger partial charge in [0.2, 0.25) is 0 Å². The molecule has 0 unspecified atom stereocenters. The van der Waals surface area contributed by atoms with Crippen LogP contribution in [0.25, 0.3) is 28.3 Å².